The number of aromatic hydroxyl groups is 2. The zero-order valence-corrected chi connectivity index (χ0v) is 22.1. The molecule has 198 valence electrons. The first kappa shape index (κ1) is 27.5. The minimum absolute atomic E-state index is 0.0142. The van der Waals surface area contributed by atoms with E-state index in [1.165, 1.54) is 6.92 Å². The highest BCUT2D eigenvalue weighted by Crippen LogP contribution is 2.61. The van der Waals surface area contributed by atoms with Gasteiger partial charge in [0.1, 0.15) is 11.9 Å². The van der Waals surface area contributed by atoms with E-state index in [-0.39, 0.29) is 41.4 Å². The van der Waals surface area contributed by atoms with Crippen LogP contribution in [0.25, 0.3) is 0 Å². The van der Waals surface area contributed by atoms with Gasteiger partial charge < -0.3 is 29.5 Å². The first-order valence-electron chi connectivity index (χ1n) is 12.1. The first-order valence-corrected chi connectivity index (χ1v) is 12.1. The molecule has 3 rings (SSSR count). The van der Waals surface area contributed by atoms with Gasteiger partial charge in [-0.2, -0.15) is 0 Å². The molecule has 0 heterocycles. The molecule has 0 bridgehead atoms. The Bertz CT molecular complexity index is 1140. The fraction of sp³-hybridized carbons (Fsp3) is 0.593. The molecule has 3 atom stereocenters. The molecule has 1 fully saturated rings. The van der Waals surface area contributed by atoms with Gasteiger partial charge in [-0.1, -0.05) is 20.8 Å². The van der Waals surface area contributed by atoms with Crippen molar-refractivity contribution in [3.8, 4) is 17.2 Å². The highest BCUT2D eigenvalue weighted by molar-refractivity contribution is 6.14. The smallest absolute Gasteiger partial charge is 0.308 e. The lowest BCUT2D eigenvalue weighted by Gasteiger charge is -2.51. The Hall–Kier alpha value is -3.07. The van der Waals surface area contributed by atoms with E-state index < -0.39 is 58.0 Å². The monoisotopic (exact) mass is 504 g/mol. The van der Waals surface area contributed by atoms with Crippen molar-refractivity contribution in [1.29, 1.82) is 0 Å². The SMILES string of the molecule is CC(=O)Oc1c(O)c(CC(C)OC(C)C)c(O)c2c1C1(C)CC(OC(C)=O)CC(C)(C)C1=C(O)C2=O. The molecule has 3 N–H and O–H groups in total. The summed E-state index contributed by atoms with van der Waals surface area (Å²) < 4.78 is 16.8. The summed E-state index contributed by atoms with van der Waals surface area (Å²) in [4.78, 5) is 37.5. The quantitative estimate of drug-likeness (QED) is 0.380. The molecule has 3 unspecified atom stereocenters. The standard InChI is InChI=1S/C27H36O9/c1-12(2)34-13(3)9-17-20(30)18-19(24(21(17)31)36-15(5)29)27(8)11-16(35-14(4)28)10-26(6,7)25(27)23(33)22(18)32/h12-13,16,30-31,33H,9-11H2,1-8H3. The van der Waals surface area contributed by atoms with Gasteiger partial charge in [0, 0.05) is 36.8 Å². The van der Waals surface area contributed by atoms with Gasteiger partial charge in [0.15, 0.2) is 17.3 Å². The molecule has 0 aromatic heterocycles. The van der Waals surface area contributed by atoms with E-state index in [0.717, 1.165) is 6.92 Å². The minimum atomic E-state index is -1.21. The summed E-state index contributed by atoms with van der Waals surface area (Å²) in [6.07, 6.45) is -0.690. The molecule has 2 aliphatic carbocycles. The Morgan fingerprint density at radius 2 is 1.61 bits per heavy atom. The Kier molecular flexibility index (Phi) is 7.20. The molecule has 1 aromatic carbocycles. The maximum Gasteiger partial charge on any atom is 0.308 e. The number of ether oxygens (including phenoxy) is 3. The molecule has 1 aromatic rings. The summed E-state index contributed by atoms with van der Waals surface area (Å²) in [6, 6.07) is 0. The lowest BCUT2D eigenvalue weighted by Crippen LogP contribution is -2.49. The van der Waals surface area contributed by atoms with Crippen LogP contribution in [0.1, 0.15) is 89.7 Å². The summed E-state index contributed by atoms with van der Waals surface area (Å²) in [7, 11) is 0. The average molecular weight is 505 g/mol. The van der Waals surface area contributed by atoms with Crippen molar-refractivity contribution < 1.29 is 43.9 Å². The summed E-state index contributed by atoms with van der Waals surface area (Å²) >= 11 is 0. The summed E-state index contributed by atoms with van der Waals surface area (Å²) in [5.41, 5.74) is -1.85. The fourth-order valence-corrected chi connectivity index (χ4v) is 6.14. The average Bonchev–Trinajstić information content (AvgIpc) is 2.68. The zero-order chi connectivity index (χ0) is 27.3. The lowest BCUT2D eigenvalue weighted by atomic mass is 9.53. The number of ketones is 1. The van der Waals surface area contributed by atoms with Gasteiger partial charge in [0.2, 0.25) is 5.78 Å². The predicted octanol–water partition coefficient (Wildman–Crippen LogP) is 4.40. The van der Waals surface area contributed by atoms with Gasteiger partial charge >= 0.3 is 11.9 Å². The van der Waals surface area contributed by atoms with Crippen LogP contribution in [0, 0.1) is 5.41 Å². The van der Waals surface area contributed by atoms with Crippen LogP contribution in [0.4, 0.5) is 0 Å². The highest BCUT2D eigenvalue weighted by atomic mass is 16.5. The van der Waals surface area contributed by atoms with Crippen molar-refractivity contribution >= 4 is 17.7 Å². The topological polar surface area (TPSA) is 140 Å². The second-order valence-electron chi connectivity index (χ2n) is 11.0. The number of phenolic OH excluding ortho intramolecular Hbond substituents is 2. The third-order valence-electron chi connectivity index (χ3n) is 6.91. The largest absolute Gasteiger partial charge is 0.507 e. The third kappa shape index (κ3) is 4.68. The molecular weight excluding hydrogens is 468 g/mol. The van der Waals surface area contributed by atoms with Crippen molar-refractivity contribution in [2.24, 2.45) is 5.41 Å². The Morgan fingerprint density at radius 1 is 1.00 bits per heavy atom. The highest BCUT2D eigenvalue weighted by Gasteiger charge is 2.56. The van der Waals surface area contributed by atoms with Crippen LogP contribution in [-0.2, 0) is 30.9 Å². The van der Waals surface area contributed by atoms with Crippen LogP contribution in [0.3, 0.4) is 0 Å². The lowest BCUT2D eigenvalue weighted by molar-refractivity contribution is -0.149. The maximum absolute atomic E-state index is 13.5. The number of aliphatic hydroxyl groups is 1. The number of Topliss-reactive ketones (excluding diaryl/α,β-unsaturated/α-hetero) is 1. The number of hydrogen-bond donors (Lipinski definition) is 3. The maximum atomic E-state index is 13.5. The van der Waals surface area contributed by atoms with Gasteiger partial charge in [-0.25, -0.2) is 0 Å². The van der Waals surface area contributed by atoms with Crippen LogP contribution < -0.4 is 4.74 Å². The van der Waals surface area contributed by atoms with Crippen LogP contribution >= 0.6 is 0 Å². The van der Waals surface area contributed by atoms with E-state index in [1.807, 2.05) is 27.7 Å². The van der Waals surface area contributed by atoms with Gasteiger partial charge in [0.05, 0.1) is 17.8 Å². The first-order chi connectivity index (χ1) is 16.5. The molecule has 9 nitrogen and oxygen atoms in total. The number of aliphatic hydroxyl groups excluding tert-OH is 1. The predicted molar refractivity (Wildman–Crippen MR) is 130 cm³/mol. The van der Waals surface area contributed by atoms with Crippen molar-refractivity contribution in [3.05, 3.63) is 28.0 Å². The van der Waals surface area contributed by atoms with Crippen LogP contribution in [0.5, 0.6) is 17.2 Å². The van der Waals surface area contributed by atoms with Gasteiger partial charge in [0.25, 0.3) is 0 Å². The van der Waals surface area contributed by atoms with Crippen molar-refractivity contribution in [3.63, 3.8) is 0 Å². The number of phenols is 2. The van der Waals surface area contributed by atoms with Crippen LogP contribution in [-0.4, -0.2) is 51.4 Å². The third-order valence-corrected chi connectivity index (χ3v) is 6.91. The van der Waals surface area contributed by atoms with Crippen LogP contribution in [0.15, 0.2) is 11.3 Å². The second kappa shape index (κ2) is 9.42. The number of esters is 2. The fourth-order valence-electron chi connectivity index (χ4n) is 6.14. The Morgan fingerprint density at radius 3 is 2.14 bits per heavy atom. The number of carbonyl (C=O) groups is 3. The molecule has 0 aliphatic heterocycles. The minimum Gasteiger partial charge on any atom is -0.507 e. The number of benzene rings is 1. The zero-order valence-electron chi connectivity index (χ0n) is 22.1. The van der Waals surface area contributed by atoms with E-state index in [0.29, 0.717) is 12.0 Å². The number of rotatable bonds is 6. The van der Waals surface area contributed by atoms with Crippen molar-refractivity contribution in [2.45, 2.75) is 98.4 Å². The van der Waals surface area contributed by atoms with Gasteiger partial charge in [-0.15, -0.1) is 0 Å². The number of hydrogen-bond acceptors (Lipinski definition) is 9. The number of carbonyl (C=O) groups excluding carboxylic acids is 3. The van der Waals surface area contributed by atoms with Gasteiger partial charge in [-0.3, -0.25) is 14.4 Å². The molecule has 0 amide bonds. The van der Waals surface area contributed by atoms with E-state index >= 15 is 0 Å². The van der Waals surface area contributed by atoms with Crippen molar-refractivity contribution in [1.82, 2.24) is 0 Å². The molecule has 9 heteroatoms. The second-order valence-corrected chi connectivity index (χ2v) is 11.0. The summed E-state index contributed by atoms with van der Waals surface area (Å²) in [6.45, 7) is 13.2. The molecule has 0 saturated heterocycles. The molecule has 1 saturated carbocycles. The molecule has 36 heavy (non-hydrogen) atoms. The molecule has 2 aliphatic rings. The number of allylic oxidation sites excluding steroid dienone is 2. The molecule has 0 radical (unpaired) electrons. The summed E-state index contributed by atoms with van der Waals surface area (Å²) in [5.74, 6) is -3.82. The molecule has 0 spiro atoms. The van der Waals surface area contributed by atoms with E-state index in [2.05, 4.69) is 0 Å². The van der Waals surface area contributed by atoms with Crippen molar-refractivity contribution in [2.75, 3.05) is 0 Å². The van der Waals surface area contributed by atoms with E-state index in [9.17, 15) is 29.7 Å². The van der Waals surface area contributed by atoms with E-state index in [1.54, 1.807) is 13.8 Å². The Balaban J connectivity index is 2.36. The Labute approximate surface area is 211 Å². The van der Waals surface area contributed by atoms with E-state index in [4.69, 9.17) is 14.2 Å². The molecular formula is C27H36O9. The summed E-state index contributed by atoms with van der Waals surface area (Å²) in [5, 5.41) is 33.7. The number of fused-ring (bicyclic) bond motifs is 3. The van der Waals surface area contributed by atoms with Gasteiger partial charge in [-0.05, 0) is 44.6 Å². The normalized spacial score (nSPS) is 23.7. The van der Waals surface area contributed by atoms with Crippen LogP contribution in [0.2, 0.25) is 0 Å².